The van der Waals surface area contributed by atoms with Crippen LogP contribution < -0.4 is 10.6 Å². The lowest BCUT2D eigenvalue weighted by atomic mass is 10.1. The van der Waals surface area contributed by atoms with E-state index >= 15 is 0 Å². The van der Waals surface area contributed by atoms with Crippen molar-refractivity contribution in [1.82, 2.24) is 10.3 Å². The summed E-state index contributed by atoms with van der Waals surface area (Å²) in [5.74, 6) is -1.68. The second kappa shape index (κ2) is 7.84. The molecule has 4 nitrogen and oxygen atoms in total. The number of anilines is 2. The van der Waals surface area contributed by atoms with Crippen molar-refractivity contribution in [1.29, 1.82) is 0 Å². The van der Waals surface area contributed by atoms with Crippen LogP contribution in [0, 0.1) is 32.4 Å². The van der Waals surface area contributed by atoms with Crippen molar-refractivity contribution in [2.24, 2.45) is 0 Å². The number of aryl methyl sites for hydroxylation is 3. The van der Waals surface area contributed by atoms with E-state index in [0.29, 0.717) is 15.7 Å². The van der Waals surface area contributed by atoms with Crippen molar-refractivity contribution in [3.8, 4) is 0 Å². The normalized spacial score (nSPS) is 10.7. The molecule has 7 heteroatoms. The molecule has 1 heterocycles. The van der Waals surface area contributed by atoms with E-state index in [0.717, 1.165) is 23.4 Å². The number of hydrogen-bond donors (Lipinski definition) is 2. The molecule has 1 amide bonds. The summed E-state index contributed by atoms with van der Waals surface area (Å²) in [6, 6.07) is 9.31. The van der Waals surface area contributed by atoms with Gasteiger partial charge in [-0.05, 0) is 38.5 Å². The fraction of sp³-hybridized carbons (Fsp3) is 0.200. The number of benzene rings is 2. The predicted molar refractivity (Wildman–Crippen MR) is 104 cm³/mol. The minimum Gasteiger partial charge on any atom is -0.347 e. The Morgan fingerprint density at radius 3 is 2.59 bits per heavy atom. The Bertz CT molecular complexity index is 1000. The molecule has 0 bridgehead atoms. The van der Waals surface area contributed by atoms with Crippen LogP contribution in [0.2, 0.25) is 0 Å². The van der Waals surface area contributed by atoms with E-state index < -0.39 is 11.6 Å². The average molecular weight is 387 g/mol. The fourth-order valence-electron chi connectivity index (χ4n) is 2.65. The highest BCUT2D eigenvalue weighted by Crippen LogP contribution is 2.27. The molecule has 0 radical (unpaired) electrons. The highest BCUT2D eigenvalue weighted by atomic mass is 32.1. The van der Waals surface area contributed by atoms with Crippen LogP contribution in [0.25, 0.3) is 0 Å². The molecule has 0 spiro atoms. The lowest BCUT2D eigenvalue weighted by Crippen LogP contribution is -2.23. The summed E-state index contributed by atoms with van der Waals surface area (Å²) >= 11 is 1.23. The Kier molecular flexibility index (Phi) is 5.51. The molecular formula is C20H19F2N3OS. The van der Waals surface area contributed by atoms with E-state index in [2.05, 4.69) is 21.7 Å². The molecule has 0 saturated carbocycles. The quantitative estimate of drug-likeness (QED) is 0.646. The van der Waals surface area contributed by atoms with Crippen LogP contribution in [0.3, 0.4) is 0 Å². The molecule has 0 atom stereocenters. The van der Waals surface area contributed by atoms with E-state index in [-0.39, 0.29) is 18.0 Å². The van der Waals surface area contributed by atoms with Gasteiger partial charge >= 0.3 is 0 Å². The standard InChI is InChI=1S/C20H19F2N3OS/c1-11-4-7-17(12(2)8-11)25-20-24-13(3)18(27-20)19(26)23-10-14-5-6-15(21)9-16(14)22/h4-9H,10H2,1-3H3,(H,23,26)(H,24,25). The number of nitrogens with one attached hydrogen (secondary N) is 2. The first kappa shape index (κ1) is 19.0. The summed E-state index contributed by atoms with van der Waals surface area (Å²) in [7, 11) is 0. The second-order valence-electron chi connectivity index (χ2n) is 6.30. The van der Waals surface area contributed by atoms with Gasteiger partial charge in [-0.3, -0.25) is 4.79 Å². The summed E-state index contributed by atoms with van der Waals surface area (Å²) in [5.41, 5.74) is 3.99. The smallest absolute Gasteiger partial charge is 0.263 e. The Morgan fingerprint density at radius 2 is 1.89 bits per heavy atom. The van der Waals surface area contributed by atoms with Crippen molar-refractivity contribution in [3.63, 3.8) is 0 Å². The second-order valence-corrected chi connectivity index (χ2v) is 7.29. The van der Waals surface area contributed by atoms with E-state index in [1.165, 1.54) is 23.0 Å². The van der Waals surface area contributed by atoms with Crippen molar-refractivity contribution >= 4 is 28.1 Å². The molecule has 27 heavy (non-hydrogen) atoms. The average Bonchev–Trinajstić information content (AvgIpc) is 2.97. The van der Waals surface area contributed by atoms with Gasteiger partial charge in [-0.25, -0.2) is 13.8 Å². The van der Waals surface area contributed by atoms with Crippen LogP contribution >= 0.6 is 11.3 Å². The Morgan fingerprint density at radius 1 is 1.11 bits per heavy atom. The molecule has 0 fully saturated rings. The monoisotopic (exact) mass is 387 g/mol. The molecule has 3 aromatic rings. The fourth-order valence-corrected chi connectivity index (χ4v) is 3.55. The number of nitrogens with zero attached hydrogens (tertiary/aromatic N) is 1. The number of rotatable bonds is 5. The van der Waals surface area contributed by atoms with Gasteiger partial charge in [0.05, 0.1) is 5.69 Å². The SMILES string of the molecule is Cc1ccc(Nc2nc(C)c(C(=O)NCc3ccc(F)cc3F)s2)c(C)c1. The Labute approximate surface area is 160 Å². The molecule has 3 rings (SSSR count). The van der Waals surface area contributed by atoms with Gasteiger partial charge in [-0.1, -0.05) is 35.1 Å². The lowest BCUT2D eigenvalue weighted by molar-refractivity contribution is 0.0954. The van der Waals surface area contributed by atoms with E-state index in [1.54, 1.807) is 6.92 Å². The molecule has 0 aliphatic rings. The third-order valence-electron chi connectivity index (χ3n) is 4.08. The van der Waals surface area contributed by atoms with Gasteiger partial charge in [0.1, 0.15) is 16.5 Å². The number of amides is 1. The molecule has 140 valence electrons. The van der Waals surface area contributed by atoms with Gasteiger partial charge in [0.25, 0.3) is 5.91 Å². The van der Waals surface area contributed by atoms with Gasteiger partial charge in [-0.2, -0.15) is 0 Å². The highest BCUT2D eigenvalue weighted by Gasteiger charge is 2.16. The predicted octanol–water partition coefficient (Wildman–Crippen LogP) is 5.02. The van der Waals surface area contributed by atoms with Crippen molar-refractivity contribution in [2.75, 3.05) is 5.32 Å². The number of carbonyl (C=O) groups excluding carboxylic acids is 1. The topological polar surface area (TPSA) is 54.0 Å². The Balaban J connectivity index is 1.70. The summed E-state index contributed by atoms with van der Waals surface area (Å²) in [6.07, 6.45) is 0. The summed E-state index contributed by atoms with van der Waals surface area (Å²) < 4.78 is 26.6. The van der Waals surface area contributed by atoms with E-state index in [4.69, 9.17) is 0 Å². The Hall–Kier alpha value is -2.80. The molecule has 0 unspecified atom stereocenters. The first-order valence-electron chi connectivity index (χ1n) is 8.37. The third kappa shape index (κ3) is 4.49. The minimum absolute atomic E-state index is 0.0257. The number of thiazole rings is 1. The van der Waals surface area contributed by atoms with Gasteiger partial charge in [0, 0.05) is 23.9 Å². The van der Waals surface area contributed by atoms with Crippen LogP contribution in [-0.2, 0) is 6.54 Å². The van der Waals surface area contributed by atoms with Gasteiger partial charge in [0.2, 0.25) is 0 Å². The lowest BCUT2D eigenvalue weighted by Gasteiger charge is -2.07. The molecule has 0 saturated heterocycles. The first-order valence-corrected chi connectivity index (χ1v) is 9.19. The van der Waals surface area contributed by atoms with Gasteiger partial charge < -0.3 is 10.6 Å². The zero-order valence-corrected chi connectivity index (χ0v) is 16.0. The summed E-state index contributed by atoms with van der Waals surface area (Å²) in [5, 5.41) is 6.49. The highest BCUT2D eigenvalue weighted by molar-refractivity contribution is 7.17. The zero-order valence-electron chi connectivity index (χ0n) is 15.2. The molecular weight excluding hydrogens is 368 g/mol. The molecule has 2 N–H and O–H groups in total. The van der Waals surface area contributed by atoms with Crippen LogP contribution in [-0.4, -0.2) is 10.9 Å². The van der Waals surface area contributed by atoms with Crippen molar-refractivity contribution < 1.29 is 13.6 Å². The maximum absolute atomic E-state index is 13.7. The van der Waals surface area contributed by atoms with Gasteiger partial charge in [-0.15, -0.1) is 0 Å². The first-order chi connectivity index (χ1) is 12.8. The number of halogens is 2. The largest absolute Gasteiger partial charge is 0.347 e. The van der Waals surface area contributed by atoms with E-state index in [1.807, 2.05) is 26.0 Å². The molecule has 0 aliphatic heterocycles. The van der Waals surface area contributed by atoms with Crippen LogP contribution in [0.5, 0.6) is 0 Å². The van der Waals surface area contributed by atoms with Gasteiger partial charge in [0.15, 0.2) is 5.13 Å². The number of hydrogen-bond acceptors (Lipinski definition) is 4. The number of aromatic nitrogens is 1. The number of carbonyl (C=O) groups is 1. The maximum Gasteiger partial charge on any atom is 0.263 e. The van der Waals surface area contributed by atoms with Crippen LogP contribution in [0.4, 0.5) is 19.6 Å². The summed E-state index contributed by atoms with van der Waals surface area (Å²) in [6.45, 7) is 5.75. The third-order valence-corrected chi connectivity index (χ3v) is 5.15. The maximum atomic E-state index is 13.7. The van der Waals surface area contributed by atoms with Crippen LogP contribution in [0.1, 0.15) is 32.1 Å². The molecule has 0 aliphatic carbocycles. The minimum atomic E-state index is -0.687. The molecule has 1 aromatic heterocycles. The van der Waals surface area contributed by atoms with Crippen molar-refractivity contribution in [2.45, 2.75) is 27.3 Å². The van der Waals surface area contributed by atoms with Crippen molar-refractivity contribution in [3.05, 3.63) is 75.3 Å². The zero-order chi connectivity index (χ0) is 19.6. The van der Waals surface area contributed by atoms with E-state index in [9.17, 15) is 13.6 Å². The molecule has 2 aromatic carbocycles. The van der Waals surface area contributed by atoms with Crippen LogP contribution in [0.15, 0.2) is 36.4 Å². The summed E-state index contributed by atoms with van der Waals surface area (Å²) in [4.78, 5) is 17.3.